The normalized spacial score (nSPS) is 13.2. The second-order valence-corrected chi connectivity index (χ2v) is 7.49. The fraction of sp³-hybridized carbons (Fsp3) is 0. The molecule has 0 radical (unpaired) electrons. The van der Waals surface area contributed by atoms with Crippen LogP contribution in [0.4, 0.5) is 0 Å². The van der Waals surface area contributed by atoms with Gasteiger partial charge in [-0.3, -0.25) is 0 Å². The molecule has 4 aromatic rings. The average Bonchev–Trinajstić information content (AvgIpc) is 3.03. The molecule has 3 aromatic carbocycles. The molecule has 0 aliphatic carbocycles. The molecule has 20 heavy (non-hydrogen) atoms. The van der Waals surface area contributed by atoms with Crippen molar-refractivity contribution in [1.82, 2.24) is 0 Å². The summed E-state index contributed by atoms with van der Waals surface area (Å²) in [6.45, 7) is 0. The number of para-hydroxylation sites is 2. The second-order valence-electron chi connectivity index (χ2n) is 4.88. The van der Waals surface area contributed by atoms with Crippen LogP contribution in [-0.2, 0) is 0 Å². The Kier molecular flexibility index (Phi) is 2.07. The van der Waals surface area contributed by atoms with E-state index in [1.165, 1.54) is 25.4 Å². The van der Waals surface area contributed by atoms with Gasteiger partial charge in [0.25, 0.3) is 0 Å². The fourth-order valence-electron chi connectivity index (χ4n) is 2.82. The molecule has 1 aliphatic heterocycles. The average molecular weight is 371 g/mol. The molecule has 1 aliphatic rings. The van der Waals surface area contributed by atoms with Crippen LogP contribution in [0.15, 0.2) is 65.1 Å². The van der Waals surface area contributed by atoms with Crippen LogP contribution in [-0.4, -0.2) is 0 Å². The number of fused-ring (bicyclic) bond motifs is 7. The molecule has 0 saturated heterocycles. The van der Waals surface area contributed by atoms with Gasteiger partial charge in [-0.1, -0.05) is 0 Å². The van der Waals surface area contributed by atoms with E-state index in [1.807, 2.05) is 6.07 Å². The summed E-state index contributed by atoms with van der Waals surface area (Å²) in [5, 5.41) is 2.58. The van der Waals surface area contributed by atoms with E-state index in [0.717, 1.165) is 11.5 Å². The Balaban J connectivity index is 1.95. The first-order chi connectivity index (χ1) is 9.92. The predicted octanol–water partition coefficient (Wildman–Crippen LogP) is 0.576. The molecule has 2 nitrogen and oxygen atoms in total. The maximum absolute atomic E-state index is 6.14. The number of hydrogen-bond donors (Lipinski definition) is 0. The van der Waals surface area contributed by atoms with Gasteiger partial charge < -0.3 is 0 Å². The van der Waals surface area contributed by atoms with Crippen LogP contribution in [0.3, 0.4) is 0 Å². The van der Waals surface area contributed by atoms with Gasteiger partial charge in [-0.15, -0.1) is 0 Å². The van der Waals surface area contributed by atoms with Gasteiger partial charge in [0.1, 0.15) is 0 Å². The van der Waals surface area contributed by atoms with Crippen molar-refractivity contribution in [3.63, 3.8) is 0 Å². The molecule has 5 rings (SSSR count). The van der Waals surface area contributed by atoms with Crippen molar-refractivity contribution in [1.29, 1.82) is 0 Å². The SMILES string of the molecule is c1ccc2c3c(ccc2c1)[I-][n+]1c-3oc2ccccc21. The van der Waals surface area contributed by atoms with Crippen LogP contribution in [0.5, 0.6) is 0 Å². The van der Waals surface area contributed by atoms with Gasteiger partial charge in [0.05, 0.1) is 0 Å². The molecule has 0 N–H and O–H groups in total. The monoisotopic (exact) mass is 371 g/mol. The van der Waals surface area contributed by atoms with Gasteiger partial charge in [0.2, 0.25) is 0 Å². The quantitative estimate of drug-likeness (QED) is 0.364. The molecule has 3 heteroatoms. The number of nitrogens with zero attached hydrogens (tertiary/aromatic N) is 1. The van der Waals surface area contributed by atoms with Gasteiger partial charge in [-0.2, -0.15) is 0 Å². The number of hydrogen-bond acceptors (Lipinski definition) is 1. The molecule has 96 valence electrons. The summed E-state index contributed by atoms with van der Waals surface area (Å²) in [5.41, 5.74) is 3.50. The first-order valence-electron chi connectivity index (χ1n) is 6.53. The first kappa shape index (κ1) is 10.9. The van der Waals surface area contributed by atoms with Gasteiger partial charge in [0.15, 0.2) is 0 Å². The molecule has 0 unspecified atom stereocenters. The molecule has 2 heterocycles. The zero-order valence-electron chi connectivity index (χ0n) is 10.5. The Morgan fingerprint density at radius 1 is 0.850 bits per heavy atom. The van der Waals surface area contributed by atoms with Crippen molar-refractivity contribution >= 4 is 21.9 Å². The van der Waals surface area contributed by atoms with Crippen LogP contribution in [0, 0.1) is 3.57 Å². The zero-order valence-corrected chi connectivity index (χ0v) is 12.7. The van der Waals surface area contributed by atoms with E-state index < -0.39 is 0 Å². The van der Waals surface area contributed by atoms with Gasteiger partial charge in [-0.05, 0) is 0 Å². The molecule has 0 amide bonds. The zero-order chi connectivity index (χ0) is 13.1. The summed E-state index contributed by atoms with van der Waals surface area (Å²) >= 11 is -0.214. The first-order valence-corrected chi connectivity index (χ1v) is 8.57. The van der Waals surface area contributed by atoms with E-state index in [4.69, 9.17) is 4.42 Å². The molecule has 0 fully saturated rings. The van der Waals surface area contributed by atoms with Crippen LogP contribution in [0.25, 0.3) is 33.3 Å². The van der Waals surface area contributed by atoms with Crippen molar-refractivity contribution in [2.45, 2.75) is 0 Å². The minimum atomic E-state index is -0.214. The molecule has 0 bridgehead atoms. The standard InChI is InChI=1S/C17H10INO/c1-2-6-12-11(5-1)9-10-13-16(12)17-19(18-13)14-7-3-4-8-15(14)20-17/h1-10H. The number of rotatable bonds is 0. The molecular formula is C17H10INO. The summed E-state index contributed by atoms with van der Waals surface area (Å²) in [7, 11) is 0. The van der Waals surface area contributed by atoms with Crippen molar-refractivity contribution in [2.24, 2.45) is 0 Å². The molecule has 0 spiro atoms. The number of oxazole rings is 1. The molecule has 0 saturated carbocycles. The van der Waals surface area contributed by atoms with Crippen molar-refractivity contribution in [3.05, 3.63) is 64.2 Å². The van der Waals surface area contributed by atoms with E-state index >= 15 is 0 Å². The third-order valence-corrected chi connectivity index (χ3v) is 6.59. The van der Waals surface area contributed by atoms with Crippen LogP contribution < -0.4 is 24.3 Å². The molecular weight excluding hydrogens is 361 g/mol. The van der Waals surface area contributed by atoms with Gasteiger partial charge in [0, 0.05) is 0 Å². The van der Waals surface area contributed by atoms with Crippen LogP contribution >= 0.6 is 0 Å². The van der Waals surface area contributed by atoms with E-state index in [0.29, 0.717) is 0 Å². The fourth-order valence-corrected chi connectivity index (χ4v) is 5.66. The van der Waals surface area contributed by atoms with E-state index in [2.05, 4.69) is 57.4 Å². The van der Waals surface area contributed by atoms with E-state index in [-0.39, 0.29) is 21.5 Å². The molecule has 0 atom stereocenters. The Morgan fingerprint density at radius 3 is 2.70 bits per heavy atom. The topological polar surface area (TPSA) is 17.0 Å². The summed E-state index contributed by atoms with van der Waals surface area (Å²) < 4.78 is 9.97. The third-order valence-electron chi connectivity index (χ3n) is 3.73. The van der Waals surface area contributed by atoms with Crippen LogP contribution in [0.2, 0.25) is 0 Å². The second kappa shape index (κ2) is 3.82. The Morgan fingerprint density at radius 2 is 1.70 bits per heavy atom. The van der Waals surface area contributed by atoms with Crippen molar-refractivity contribution < 1.29 is 28.7 Å². The van der Waals surface area contributed by atoms with E-state index in [1.54, 1.807) is 0 Å². The Labute approximate surface area is 126 Å². The summed E-state index contributed by atoms with van der Waals surface area (Å²) in [6.07, 6.45) is 0. The summed E-state index contributed by atoms with van der Waals surface area (Å²) in [4.78, 5) is 0. The minimum absolute atomic E-state index is 0.214. The molecule has 1 aromatic heterocycles. The van der Waals surface area contributed by atoms with Crippen molar-refractivity contribution in [2.75, 3.05) is 0 Å². The predicted molar refractivity (Wildman–Crippen MR) is 73.4 cm³/mol. The van der Waals surface area contributed by atoms with Gasteiger partial charge >= 0.3 is 126 Å². The summed E-state index contributed by atoms with van der Waals surface area (Å²) in [6, 6.07) is 21.4. The Hall–Kier alpha value is -1.88. The van der Waals surface area contributed by atoms with Crippen molar-refractivity contribution in [3.8, 4) is 11.5 Å². The van der Waals surface area contributed by atoms with Crippen LogP contribution in [0.1, 0.15) is 0 Å². The number of aromatic nitrogens is 1. The Bertz CT molecular complexity index is 987. The summed E-state index contributed by atoms with van der Waals surface area (Å²) in [5.74, 6) is 1.03. The van der Waals surface area contributed by atoms with E-state index in [9.17, 15) is 0 Å². The third kappa shape index (κ3) is 1.31. The number of halogens is 1. The maximum atomic E-state index is 6.14. The van der Waals surface area contributed by atoms with Gasteiger partial charge in [-0.25, -0.2) is 0 Å². The number of benzene rings is 3.